The van der Waals surface area contributed by atoms with Crippen LogP contribution in [0.4, 0.5) is 0 Å². The first-order valence-electron chi connectivity index (χ1n) is 6.15. The molecule has 0 aliphatic rings. The van der Waals surface area contributed by atoms with Gasteiger partial charge in [-0.15, -0.1) is 0 Å². The van der Waals surface area contributed by atoms with Crippen LogP contribution in [-0.4, -0.2) is 43.8 Å². The van der Waals surface area contributed by atoms with Crippen molar-refractivity contribution in [2.75, 3.05) is 27.8 Å². The van der Waals surface area contributed by atoms with Gasteiger partial charge in [0.25, 0.3) is 0 Å². The summed E-state index contributed by atoms with van der Waals surface area (Å²) in [5, 5.41) is 9.95. The molecule has 0 saturated carbocycles. The lowest BCUT2D eigenvalue weighted by atomic mass is 10.0. The van der Waals surface area contributed by atoms with E-state index in [0.717, 1.165) is 5.56 Å². The summed E-state index contributed by atoms with van der Waals surface area (Å²) in [6.07, 6.45) is -1.28. The van der Waals surface area contributed by atoms with Crippen molar-refractivity contribution in [2.24, 2.45) is 0 Å². The molecule has 0 spiro atoms. The van der Waals surface area contributed by atoms with E-state index in [9.17, 15) is 9.90 Å². The quantitative estimate of drug-likeness (QED) is 0.788. The average molecular weight is 267 g/mol. The Morgan fingerprint density at radius 1 is 1.37 bits per heavy atom. The second-order valence-electron chi connectivity index (χ2n) is 4.51. The monoisotopic (exact) mass is 267 g/mol. The van der Waals surface area contributed by atoms with E-state index >= 15 is 0 Å². The molecule has 0 radical (unpaired) electrons. The van der Waals surface area contributed by atoms with Crippen molar-refractivity contribution in [1.29, 1.82) is 0 Å². The number of nitrogens with zero attached hydrogens (tertiary/aromatic N) is 1. The number of aliphatic hydroxyl groups excluding tert-OH is 1. The first-order chi connectivity index (χ1) is 8.97. The molecule has 1 aromatic rings. The van der Waals surface area contributed by atoms with Crippen LogP contribution in [0.1, 0.15) is 24.2 Å². The highest BCUT2D eigenvalue weighted by atomic mass is 16.5. The number of aliphatic hydroxyl groups is 1. The highest BCUT2D eigenvalue weighted by Crippen LogP contribution is 2.23. The first-order valence-corrected chi connectivity index (χ1v) is 6.15. The smallest absolute Gasteiger partial charge is 0.339 e. The molecule has 5 nitrogen and oxygen atoms in total. The zero-order valence-electron chi connectivity index (χ0n) is 11.8. The molecular weight excluding hydrogens is 246 g/mol. The minimum Gasteiger partial charge on any atom is -0.497 e. The van der Waals surface area contributed by atoms with Gasteiger partial charge in [0.1, 0.15) is 5.75 Å². The number of hydrogen-bond acceptors (Lipinski definition) is 5. The van der Waals surface area contributed by atoms with Crippen molar-refractivity contribution < 1.29 is 19.4 Å². The lowest BCUT2D eigenvalue weighted by Crippen LogP contribution is -2.16. The summed E-state index contributed by atoms with van der Waals surface area (Å²) < 4.78 is 10.00. The number of benzene rings is 1. The molecular formula is C14H21NO4. The van der Waals surface area contributed by atoms with E-state index in [4.69, 9.17) is 9.47 Å². The molecule has 0 fully saturated rings. The van der Waals surface area contributed by atoms with Crippen LogP contribution in [0.2, 0.25) is 0 Å². The van der Waals surface area contributed by atoms with Crippen LogP contribution in [0.15, 0.2) is 18.2 Å². The summed E-state index contributed by atoms with van der Waals surface area (Å²) in [5.41, 5.74) is 1.44. The van der Waals surface area contributed by atoms with Gasteiger partial charge in [0.05, 0.1) is 13.7 Å². The van der Waals surface area contributed by atoms with Crippen molar-refractivity contribution in [3.63, 3.8) is 0 Å². The fraction of sp³-hybridized carbons (Fsp3) is 0.500. The van der Waals surface area contributed by atoms with E-state index in [1.807, 2.05) is 25.1 Å². The molecule has 1 aromatic carbocycles. The summed E-state index contributed by atoms with van der Waals surface area (Å²) in [7, 11) is 5.44. The van der Waals surface area contributed by atoms with E-state index in [2.05, 4.69) is 0 Å². The van der Waals surface area contributed by atoms with E-state index in [0.29, 0.717) is 17.9 Å². The lowest BCUT2D eigenvalue weighted by Gasteiger charge is -2.15. The molecule has 5 heteroatoms. The van der Waals surface area contributed by atoms with E-state index in [1.165, 1.54) is 0 Å². The predicted octanol–water partition coefficient (Wildman–Crippen LogP) is 1.35. The number of methoxy groups -OCH3 is 1. The Balaban J connectivity index is 3.01. The third-order valence-electron chi connectivity index (χ3n) is 2.55. The Bertz CT molecular complexity index is 431. The van der Waals surface area contributed by atoms with Crippen molar-refractivity contribution in [1.82, 2.24) is 4.90 Å². The number of hydrogen-bond donors (Lipinski definition) is 1. The number of carbonyl (C=O) groups excluding carboxylic acids is 1. The van der Waals surface area contributed by atoms with Crippen LogP contribution in [0.25, 0.3) is 0 Å². The standard InChI is InChI=1S/C14H21NO4/c1-5-19-14(17)13(16)11-6-10(9-15(2)3)7-12(8-11)18-4/h6-8,13,16H,5,9H2,1-4H3. The molecule has 0 aliphatic heterocycles. The maximum atomic E-state index is 11.6. The second-order valence-corrected chi connectivity index (χ2v) is 4.51. The number of rotatable bonds is 6. The van der Waals surface area contributed by atoms with Crippen molar-refractivity contribution >= 4 is 5.97 Å². The summed E-state index contributed by atoms with van der Waals surface area (Å²) in [6.45, 7) is 2.64. The lowest BCUT2D eigenvalue weighted by molar-refractivity contribution is -0.153. The number of esters is 1. The maximum absolute atomic E-state index is 11.6. The van der Waals surface area contributed by atoms with Gasteiger partial charge in [-0.05, 0) is 44.3 Å². The van der Waals surface area contributed by atoms with Crippen molar-refractivity contribution in [2.45, 2.75) is 19.6 Å². The topological polar surface area (TPSA) is 59.0 Å². The Labute approximate surface area is 113 Å². The Morgan fingerprint density at radius 2 is 2.05 bits per heavy atom. The largest absolute Gasteiger partial charge is 0.497 e. The van der Waals surface area contributed by atoms with Crippen LogP contribution in [-0.2, 0) is 16.1 Å². The Kier molecular flexibility index (Phi) is 5.79. The molecule has 19 heavy (non-hydrogen) atoms. The van der Waals surface area contributed by atoms with Crippen LogP contribution in [0, 0.1) is 0 Å². The van der Waals surface area contributed by atoms with E-state index in [1.54, 1.807) is 26.2 Å². The molecule has 0 amide bonds. The summed E-state index contributed by atoms with van der Waals surface area (Å²) >= 11 is 0. The van der Waals surface area contributed by atoms with Gasteiger partial charge < -0.3 is 19.5 Å². The summed E-state index contributed by atoms with van der Waals surface area (Å²) in [4.78, 5) is 13.5. The highest BCUT2D eigenvalue weighted by Gasteiger charge is 2.20. The van der Waals surface area contributed by atoms with Gasteiger partial charge in [-0.25, -0.2) is 4.79 Å². The fourth-order valence-corrected chi connectivity index (χ4v) is 1.78. The van der Waals surface area contributed by atoms with Gasteiger partial charge in [0.15, 0.2) is 6.10 Å². The Morgan fingerprint density at radius 3 is 2.58 bits per heavy atom. The molecule has 1 unspecified atom stereocenters. The molecule has 0 heterocycles. The summed E-state index contributed by atoms with van der Waals surface area (Å²) in [6, 6.07) is 5.30. The minimum absolute atomic E-state index is 0.240. The molecule has 0 bridgehead atoms. The first kappa shape index (κ1) is 15.5. The van der Waals surface area contributed by atoms with Crippen LogP contribution in [0.5, 0.6) is 5.75 Å². The zero-order valence-corrected chi connectivity index (χ0v) is 11.8. The van der Waals surface area contributed by atoms with E-state index < -0.39 is 12.1 Å². The SMILES string of the molecule is CCOC(=O)C(O)c1cc(CN(C)C)cc(OC)c1. The molecule has 0 saturated heterocycles. The zero-order chi connectivity index (χ0) is 14.4. The maximum Gasteiger partial charge on any atom is 0.339 e. The number of carbonyl (C=O) groups is 1. The molecule has 106 valence electrons. The third kappa shape index (κ3) is 4.54. The molecule has 1 rings (SSSR count). The van der Waals surface area contributed by atoms with Crippen LogP contribution < -0.4 is 4.74 Å². The van der Waals surface area contributed by atoms with Gasteiger partial charge in [0.2, 0.25) is 0 Å². The molecule has 0 aliphatic carbocycles. The van der Waals surface area contributed by atoms with Gasteiger partial charge >= 0.3 is 5.97 Å². The predicted molar refractivity (Wildman–Crippen MR) is 72.0 cm³/mol. The molecule has 1 N–H and O–H groups in total. The number of ether oxygens (including phenoxy) is 2. The molecule has 1 atom stereocenters. The normalized spacial score (nSPS) is 12.3. The summed E-state index contributed by atoms with van der Waals surface area (Å²) in [5.74, 6) is -0.0377. The minimum atomic E-state index is -1.28. The second kappa shape index (κ2) is 7.11. The van der Waals surface area contributed by atoms with E-state index in [-0.39, 0.29) is 6.61 Å². The molecule has 0 aromatic heterocycles. The van der Waals surface area contributed by atoms with Crippen molar-refractivity contribution in [3.8, 4) is 5.75 Å². The van der Waals surface area contributed by atoms with Gasteiger partial charge in [-0.2, -0.15) is 0 Å². The van der Waals surface area contributed by atoms with Crippen LogP contribution >= 0.6 is 0 Å². The average Bonchev–Trinajstić information content (AvgIpc) is 2.36. The van der Waals surface area contributed by atoms with Gasteiger partial charge in [-0.1, -0.05) is 6.07 Å². The third-order valence-corrected chi connectivity index (χ3v) is 2.55. The van der Waals surface area contributed by atoms with Gasteiger partial charge in [-0.3, -0.25) is 0 Å². The van der Waals surface area contributed by atoms with Crippen molar-refractivity contribution in [3.05, 3.63) is 29.3 Å². The highest BCUT2D eigenvalue weighted by molar-refractivity contribution is 5.76. The Hall–Kier alpha value is -1.59. The van der Waals surface area contributed by atoms with Gasteiger partial charge in [0, 0.05) is 6.54 Å². The fourth-order valence-electron chi connectivity index (χ4n) is 1.78. The van der Waals surface area contributed by atoms with Crippen LogP contribution in [0.3, 0.4) is 0 Å².